The number of nitrogens with zero attached hydrogens (tertiary/aromatic N) is 2. The molecule has 2 aromatic heterocycles. The van der Waals surface area contributed by atoms with E-state index in [9.17, 15) is 0 Å². The van der Waals surface area contributed by atoms with Crippen LogP contribution in [0.25, 0.3) is 123 Å². The molecular formula is C77H58N2. The maximum atomic E-state index is 2.54. The lowest BCUT2D eigenvalue weighted by atomic mass is 9.79. The summed E-state index contributed by atoms with van der Waals surface area (Å²) in [7, 11) is 0. The molecule has 376 valence electrons. The number of hydrogen-bond donors (Lipinski definition) is 0. The molecule has 0 saturated carbocycles. The van der Waals surface area contributed by atoms with E-state index in [1.165, 1.54) is 155 Å². The molecule has 3 aliphatic carbocycles. The van der Waals surface area contributed by atoms with Gasteiger partial charge in [0.2, 0.25) is 0 Å². The number of para-hydroxylation sites is 3. The smallest absolute Gasteiger partial charge is 0.0541 e. The van der Waals surface area contributed by atoms with Crippen molar-refractivity contribution in [1.82, 2.24) is 9.13 Å². The van der Waals surface area contributed by atoms with E-state index in [0.29, 0.717) is 0 Å². The van der Waals surface area contributed by atoms with Crippen LogP contribution in [0.4, 0.5) is 0 Å². The van der Waals surface area contributed by atoms with Crippen LogP contribution in [0.5, 0.6) is 0 Å². The van der Waals surface area contributed by atoms with Gasteiger partial charge >= 0.3 is 0 Å². The Labute approximate surface area is 462 Å². The summed E-state index contributed by atoms with van der Waals surface area (Å²) in [5, 5.41) is 5.08. The van der Waals surface area contributed by atoms with Crippen LogP contribution in [0.1, 0.15) is 86.1 Å². The van der Waals surface area contributed by atoms with Crippen molar-refractivity contribution in [2.24, 2.45) is 0 Å². The topological polar surface area (TPSA) is 9.86 Å². The Morgan fingerprint density at radius 3 is 1.34 bits per heavy atom. The quantitative estimate of drug-likeness (QED) is 0.147. The normalized spacial score (nSPS) is 15.0. The molecule has 0 amide bonds. The molecule has 2 heteroatoms. The minimum Gasteiger partial charge on any atom is -0.309 e. The molecule has 0 bridgehead atoms. The van der Waals surface area contributed by atoms with Gasteiger partial charge in [0.1, 0.15) is 0 Å². The number of fused-ring (bicyclic) bond motifs is 15. The molecule has 11 aromatic carbocycles. The molecule has 2 heterocycles. The summed E-state index contributed by atoms with van der Waals surface area (Å²) in [5.41, 5.74) is 30.8. The van der Waals surface area contributed by atoms with Gasteiger partial charge in [-0.15, -0.1) is 0 Å². The predicted octanol–water partition coefficient (Wildman–Crippen LogP) is 20.3. The lowest BCUT2D eigenvalue weighted by Crippen LogP contribution is -2.17. The van der Waals surface area contributed by atoms with Crippen LogP contribution in [0, 0.1) is 0 Å². The van der Waals surface area contributed by atoms with Gasteiger partial charge in [0, 0.05) is 49.2 Å². The minimum absolute atomic E-state index is 0.0677. The van der Waals surface area contributed by atoms with Gasteiger partial charge in [-0.05, 0) is 185 Å². The minimum atomic E-state index is -0.171. The molecule has 0 atom stereocenters. The first-order valence-electron chi connectivity index (χ1n) is 28.1. The predicted molar refractivity (Wildman–Crippen MR) is 334 cm³/mol. The van der Waals surface area contributed by atoms with Gasteiger partial charge in [0.25, 0.3) is 0 Å². The highest BCUT2D eigenvalue weighted by atomic mass is 15.0. The molecule has 0 unspecified atom stereocenters. The Morgan fingerprint density at radius 2 is 0.671 bits per heavy atom. The Morgan fingerprint density at radius 1 is 0.253 bits per heavy atom. The zero-order valence-electron chi connectivity index (χ0n) is 45.5. The lowest BCUT2D eigenvalue weighted by molar-refractivity contribution is 0.652. The molecule has 3 aliphatic rings. The summed E-state index contributed by atoms with van der Waals surface area (Å²) in [4.78, 5) is 0. The largest absolute Gasteiger partial charge is 0.309 e. The molecule has 79 heavy (non-hydrogen) atoms. The molecule has 16 rings (SSSR count). The first kappa shape index (κ1) is 45.9. The Hall–Kier alpha value is -9.24. The van der Waals surface area contributed by atoms with Crippen molar-refractivity contribution in [1.29, 1.82) is 0 Å². The zero-order chi connectivity index (χ0) is 53.1. The SMILES string of the molecule is CC1(C)c2ccccc2-c2ccc(-n3c4ccccc4c4cc(-c5ccc6c(c5)C(C)(C)c5cc7c(cc5-6)C(C)(C)c5cc(-c6ccc(/C=C/c8ccc9c(c8)c8ccccc8n9-c8ccccc8)cc6)ccc5-7)ccc43)cc21. The fourth-order valence-electron chi connectivity index (χ4n) is 14.5. The van der Waals surface area contributed by atoms with E-state index in [1.807, 2.05) is 0 Å². The van der Waals surface area contributed by atoms with Crippen molar-refractivity contribution in [2.45, 2.75) is 57.8 Å². The molecule has 13 aromatic rings. The third-order valence-electron chi connectivity index (χ3n) is 18.7. The zero-order valence-corrected chi connectivity index (χ0v) is 45.5. The van der Waals surface area contributed by atoms with Crippen LogP contribution in [0.2, 0.25) is 0 Å². The molecule has 2 nitrogen and oxygen atoms in total. The summed E-state index contributed by atoms with van der Waals surface area (Å²) in [6.45, 7) is 14.4. The van der Waals surface area contributed by atoms with Gasteiger partial charge in [-0.3, -0.25) is 0 Å². The van der Waals surface area contributed by atoms with Gasteiger partial charge in [-0.25, -0.2) is 0 Å². The number of hydrogen-bond acceptors (Lipinski definition) is 0. The van der Waals surface area contributed by atoms with Crippen LogP contribution >= 0.6 is 0 Å². The van der Waals surface area contributed by atoms with Crippen LogP contribution in [0.3, 0.4) is 0 Å². The highest BCUT2D eigenvalue weighted by Crippen LogP contribution is 2.57. The van der Waals surface area contributed by atoms with Gasteiger partial charge < -0.3 is 9.13 Å². The third-order valence-corrected chi connectivity index (χ3v) is 18.7. The summed E-state index contributed by atoms with van der Waals surface area (Å²) >= 11 is 0. The molecule has 0 aliphatic heterocycles. The summed E-state index contributed by atoms with van der Waals surface area (Å²) < 4.78 is 4.84. The molecular weight excluding hydrogens is 953 g/mol. The standard InChI is InChI=1S/C77H58N2/c1-75(2)65-21-13-10-18-55(65)56-37-34-54(44-68(56)75)79-72-23-15-12-20-60(72)64-41-50(33-39-74(64)79)52-32-36-58-62-46-69-61(45-70(62)77(5,6)67(58)43-52)57-35-31-51(42-66(57)76(69,3)4)49-29-26-47(27-30-49)24-25-48-28-38-73-63(40-48)59-19-11-14-22-71(59)78(73)53-16-8-7-9-17-53/h7-46H,1-6H3/b25-24+. The number of rotatable bonds is 6. The van der Waals surface area contributed by atoms with Crippen LogP contribution in [-0.2, 0) is 16.2 Å². The molecule has 0 N–H and O–H groups in total. The van der Waals surface area contributed by atoms with Gasteiger partial charge in [-0.1, -0.05) is 199 Å². The number of aromatic nitrogens is 2. The monoisotopic (exact) mass is 1010 g/mol. The van der Waals surface area contributed by atoms with E-state index >= 15 is 0 Å². The van der Waals surface area contributed by atoms with E-state index < -0.39 is 0 Å². The van der Waals surface area contributed by atoms with Crippen molar-refractivity contribution in [3.05, 3.63) is 275 Å². The maximum Gasteiger partial charge on any atom is 0.0541 e. The van der Waals surface area contributed by atoms with Gasteiger partial charge in [0.05, 0.1) is 22.1 Å². The highest BCUT2D eigenvalue weighted by molar-refractivity contribution is 6.11. The second-order valence-corrected chi connectivity index (χ2v) is 24.1. The fourth-order valence-corrected chi connectivity index (χ4v) is 14.5. The third kappa shape index (κ3) is 6.58. The maximum absolute atomic E-state index is 2.54. The Kier molecular flexibility index (Phi) is 9.53. The van der Waals surface area contributed by atoms with Crippen LogP contribution in [0.15, 0.2) is 231 Å². The summed E-state index contributed by atoms with van der Waals surface area (Å²) in [6, 6.07) is 86.8. The van der Waals surface area contributed by atoms with E-state index in [1.54, 1.807) is 0 Å². The van der Waals surface area contributed by atoms with Crippen molar-refractivity contribution in [3.63, 3.8) is 0 Å². The van der Waals surface area contributed by atoms with E-state index in [4.69, 9.17) is 0 Å². The lowest BCUT2D eigenvalue weighted by Gasteiger charge is -2.24. The first-order valence-corrected chi connectivity index (χ1v) is 28.1. The van der Waals surface area contributed by atoms with Crippen molar-refractivity contribution < 1.29 is 0 Å². The Bertz CT molecular complexity index is 4780. The second-order valence-electron chi connectivity index (χ2n) is 24.1. The van der Waals surface area contributed by atoms with Crippen molar-refractivity contribution in [3.8, 4) is 67.0 Å². The van der Waals surface area contributed by atoms with Gasteiger partial charge in [-0.2, -0.15) is 0 Å². The summed E-state index contributed by atoms with van der Waals surface area (Å²) in [5.74, 6) is 0. The fraction of sp³-hybridized carbons (Fsp3) is 0.117. The van der Waals surface area contributed by atoms with Crippen LogP contribution < -0.4 is 0 Å². The van der Waals surface area contributed by atoms with Crippen molar-refractivity contribution in [2.75, 3.05) is 0 Å². The number of benzene rings is 11. The van der Waals surface area contributed by atoms with Crippen LogP contribution in [-0.4, -0.2) is 9.13 Å². The first-order chi connectivity index (χ1) is 38.4. The molecule has 0 saturated heterocycles. The molecule has 0 radical (unpaired) electrons. The summed E-state index contributed by atoms with van der Waals surface area (Å²) in [6.07, 6.45) is 4.47. The van der Waals surface area contributed by atoms with E-state index in [-0.39, 0.29) is 16.2 Å². The molecule has 0 spiro atoms. The van der Waals surface area contributed by atoms with Crippen molar-refractivity contribution >= 4 is 55.8 Å². The Balaban J connectivity index is 0.685. The average Bonchev–Trinajstić information content (AvgIpc) is 4.41. The van der Waals surface area contributed by atoms with Gasteiger partial charge in [0.15, 0.2) is 0 Å². The highest BCUT2D eigenvalue weighted by Gasteiger charge is 2.42. The van der Waals surface area contributed by atoms with E-state index in [2.05, 4.69) is 293 Å². The van der Waals surface area contributed by atoms with E-state index in [0.717, 1.165) is 0 Å². The second kappa shape index (κ2) is 16.4. The average molecular weight is 1010 g/mol. The molecule has 0 fully saturated rings.